The van der Waals surface area contributed by atoms with Gasteiger partial charge < -0.3 is 4.98 Å². The van der Waals surface area contributed by atoms with Crippen LogP contribution in [-0.4, -0.2) is 61.2 Å². The molecule has 0 spiro atoms. The fourth-order valence-corrected chi connectivity index (χ4v) is 4.71. The lowest BCUT2D eigenvalue weighted by molar-refractivity contribution is 0.455. The number of hydrogen-bond donors (Lipinski definition) is 1. The van der Waals surface area contributed by atoms with Crippen LogP contribution in [0.4, 0.5) is 0 Å². The zero-order chi connectivity index (χ0) is 21.0. The van der Waals surface area contributed by atoms with E-state index in [2.05, 4.69) is 26.1 Å². The number of nitrogens with zero attached hydrogens (tertiary/aromatic N) is 7. The van der Waals surface area contributed by atoms with E-state index >= 15 is 0 Å². The van der Waals surface area contributed by atoms with E-state index in [1.807, 2.05) is 0 Å². The van der Waals surface area contributed by atoms with Crippen LogP contribution in [0, 0.1) is 11.3 Å². The second-order valence-corrected chi connectivity index (χ2v) is 9.19. The first kappa shape index (κ1) is 18.5. The number of aromatic amines is 1. The molecule has 0 aromatic carbocycles. The summed E-state index contributed by atoms with van der Waals surface area (Å²) in [7, 11) is -3.33. The molecule has 0 saturated carbocycles. The second-order valence-electron chi connectivity index (χ2n) is 7.21. The van der Waals surface area contributed by atoms with Gasteiger partial charge in [-0.25, -0.2) is 32.0 Å². The Labute approximate surface area is 170 Å². The predicted molar refractivity (Wildman–Crippen MR) is 107 cm³/mol. The van der Waals surface area contributed by atoms with Gasteiger partial charge in [-0.2, -0.15) is 10.4 Å². The number of pyridine rings is 1. The highest BCUT2D eigenvalue weighted by atomic mass is 32.2. The molecule has 1 fully saturated rings. The van der Waals surface area contributed by atoms with Gasteiger partial charge in [-0.05, 0) is 18.6 Å². The van der Waals surface area contributed by atoms with Crippen molar-refractivity contribution in [1.82, 2.24) is 33.4 Å². The molecule has 0 radical (unpaired) electrons. The van der Waals surface area contributed by atoms with Gasteiger partial charge in [0.2, 0.25) is 10.0 Å². The molecule has 11 nitrogen and oxygen atoms in total. The third kappa shape index (κ3) is 2.87. The van der Waals surface area contributed by atoms with Crippen molar-refractivity contribution in [3.63, 3.8) is 0 Å². The normalized spacial score (nSPS) is 17.7. The van der Waals surface area contributed by atoms with Crippen LogP contribution in [-0.2, 0) is 10.0 Å². The lowest BCUT2D eigenvalue weighted by Crippen LogP contribution is -2.30. The van der Waals surface area contributed by atoms with Crippen LogP contribution in [0.25, 0.3) is 28.1 Å². The average Bonchev–Trinajstić information content (AvgIpc) is 3.42. The van der Waals surface area contributed by atoms with Crippen LogP contribution in [0.5, 0.6) is 0 Å². The van der Waals surface area contributed by atoms with Crippen molar-refractivity contribution in [2.24, 2.45) is 0 Å². The summed E-state index contributed by atoms with van der Waals surface area (Å²) in [6.45, 7) is 0.568. The molecule has 12 heteroatoms. The van der Waals surface area contributed by atoms with Crippen LogP contribution in [0.1, 0.15) is 18.0 Å². The van der Waals surface area contributed by atoms with Gasteiger partial charge in [0.1, 0.15) is 5.52 Å². The van der Waals surface area contributed by atoms with Crippen LogP contribution in [0.3, 0.4) is 0 Å². The molecule has 1 atom stereocenters. The average molecular weight is 424 g/mol. The Balaban J connectivity index is 1.63. The van der Waals surface area contributed by atoms with E-state index in [9.17, 15) is 18.5 Å². The Bertz CT molecular complexity index is 1510. The highest BCUT2D eigenvalue weighted by molar-refractivity contribution is 7.88. The van der Waals surface area contributed by atoms with E-state index in [0.29, 0.717) is 46.6 Å². The topological polar surface area (TPSA) is 142 Å². The fraction of sp³-hybridized carbons (Fsp3) is 0.278. The van der Waals surface area contributed by atoms with E-state index in [1.54, 1.807) is 29.0 Å². The van der Waals surface area contributed by atoms with Crippen LogP contribution in [0.2, 0.25) is 0 Å². The number of imidazole rings is 1. The molecule has 1 unspecified atom stereocenters. The molecule has 1 aliphatic heterocycles. The zero-order valence-corrected chi connectivity index (χ0v) is 16.7. The van der Waals surface area contributed by atoms with Crippen LogP contribution >= 0.6 is 0 Å². The summed E-state index contributed by atoms with van der Waals surface area (Å²) in [5, 5.41) is 13.4. The summed E-state index contributed by atoms with van der Waals surface area (Å²) in [6, 6.07) is 5.13. The summed E-state index contributed by atoms with van der Waals surface area (Å²) < 4.78 is 28.2. The molecule has 30 heavy (non-hydrogen) atoms. The minimum atomic E-state index is -3.33. The third-order valence-electron chi connectivity index (χ3n) is 5.31. The van der Waals surface area contributed by atoms with Crippen molar-refractivity contribution < 1.29 is 8.42 Å². The summed E-state index contributed by atoms with van der Waals surface area (Å²) in [5.74, 6) is 0.360. The molecule has 152 valence electrons. The lowest BCUT2D eigenvalue weighted by atomic mass is 10.2. The number of nitriles is 1. The Hall–Kier alpha value is -3.56. The van der Waals surface area contributed by atoms with E-state index < -0.39 is 10.0 Å². The molecule has 0 bridgehead atoms. The van der Waals surface area contributed by atoms with E-state index in [4.69, 9.17) is 0 Å². The number of hydrogen-bond acceptors (Lipinski definition) is 7. The molecule has 4 aromatic rings. The van der Waals surface area contributed by atoms with Crippen molar-refractivity contribution >= 4 is 26.7 Å². The largest absolute Gasteiger partial charge is 0.328 e. The predicted octanol–water partition coefficient (Wildman–Crippen LogP) is 0.512. The molecule has 1 saturated heterocycles. The van der Waals surface area contributed by atoms with Gasteiger partial charge in [-0.1, -0.05) is 0 Å². The summed E-state index contributed by atoms with van der Waals surface area (Å²) in [4.78, 5) is 24.3. The van der Waals surface area contributed by atoms with Gasteiger partial charge in [0.05, 0.1) is 47.4 Å². The van der Waals surface area contributed by atoms with Crippen molar-refractivity contribution in [3.05, 3.63) is 46.8 Å². The molecule has 0 aliphatic carbocycles. The molecule has 5 rings (SSSR count). The quantitative estimate of drug-likeness (QED) is 0.505. The molecular formula is C18H16N8O3S. The monoisotopic (exact) mass is 424 g/mol. The summed E-state index contributed by atoms with van der Waals surface area (Å²) in [5.41, 5.74) is 2.29. The third-order valence-corrected chi connectivity index (χ3v) is 6.58. The maximum atomic E-state index is 12.6. The number of nitrogens with one attached hydrogen (secondary N) is 1. The van der Waals surface area contributed by atoms with Crippen molar-refractivity contribution in [3.8, 4) is 17.5 Å². The molecule has 1 N–H and O–H groups in total. The number of rotatable bonds is 3. The molecule has 4 aromatic heterocycles. The maximum absolute atomic E-state index is 12.6. The summed E-state index contributed by atoms with van der Waals surface area (Å²) >= 11 is 0. The number of aromatic nitrogens is 6. The van der Waals surface area contributed by atoms with Gasteiger partial charge in [0.15, 0.2) is 11.5 Å². The van der Waals surface area contributed by atoms with Crippen molar-refractivity contribution in [2.45, 2.75) is 12.5 Å². The maximum Gasteiger partial charge on any atom is 0.328 e. The molecule has 1 aliphatic rings. The molecular weight excluding hydrogens is 408 g/mol. The molecule has 0 amide bonds. The van der Waals surface area contributed by atoms with Gasteiger partial charge in [0, 0.05) is 19.3 Å². The Morgan fingerprint density at radius 1 is 1.33 bits per heavy atom. The highest BCUT2D eigenvalue weighted by Crippen LogP contribution is 2.27. The van der Waals surface area contributed by atoms with Crippen molar-refractivity contribution in [2.75, 3.05) is 19.3 Å². The second kappa shape index (κ2) is 6.48. The van der Waals surface area contributed by atoms with E-state index in [1.165, 1.54) is 15.1 Å². The minimum absolute atomic E-state index is 0.216. The van der Waals surface area contributed by atoms with E-state index in [0.717, 1.165) is 6.26 Å². The first-order valence-electron chi connectivity index (χ1n) is 9.15. The SMILES string of the molecule is CS(=O)(=O)N1CCC(n2c(=O)[nH]c3cnc(-c4cnn5ccc(C#N)cc45)nc32)C1. The van der Waals surface area contributed by atoms with Gasteiger partial charge in [-0.15, -0.1) is 0 Å². The minimum Gasteiger partial charge on any atom is -0.303 e. The van der Waals surface area contributed by atoms with Gasteiger partial charge >= 0.3 is 5.69 Å². The number of sulfonamides is 1. The van der Waals surface area contributed by atoms with E-state index in [-0.39, 0.29) is 18.3 Å². The lowest BCUT2D eigenvalue weighted by Gasteiger charge is -2.14. The first-order chi connectivity index (χ1) is 14.3. The van der Waals surface area contributed by atoms with Gasteiger partial charge in [0.25, 0.3) is 0 Å². The summed E-state index contributed by atoms with van der Waals surface area (Å²) in [6.07, 6.45) is 6.49. The zero-order valence-electron chi connectivity index (χ0n) is 15.8. The highest BCUT2D eigenvalue weighted by Gasteiger charge is 2.32. The number of fused-ring (bicyclic) bond motifs is 2. The fourth-order valence-electron chi connectivity index (χ4n) is 3.83. The Morgan fingerprint density at radius 2 is 2.17 bits per heavy atom. The Kier molecular flexibility index (Phi) is 3.99. The van der Waals surface area contributed by atoms with Crippen LogP contribution in [0.15, 0.2) is 35.5 Å². The van der Waals surface area contributed by atoms with Crippen molar-refractivity contribution in [1.29, 1.82) is 5.26 Å². The van der Waals surface area contributed by atoms with Gasteiger partial charge in [-0.3, -0.25) is 4.57 Å². The standard InChI is InChI=1S/C18H16N8O3S/c1-30(28,29)24-4-3-12(10-24)26-17-14(22-18(26)27)9-20-16(23-17)13-8-21-25-5-2-11(7-19)6-15(13)25/h2,5-6,8-9,12H,3-4,10H2,1H3,(H,22,27). The number of H-pyrrole nitrogens is 1. The Morgan fingerprint density at radius 3 is 2.90 bits per heavy atom. The van der Waals surface area contributed by atoms with Crippen LogP contribution < -0.4 is 5.69 Å². The first-order valence-corrected chi connectivity index (χ1v) is 11.0. The molecule has 5 heterocycles. The smallest absolute Gasteiger partial charge is 0.303 e.